The minimum absolute atomic E-state index is 0.0124. The minimum Gasteiger partial charge on any atom is -0.469 e. The van der Waals surface area contributed by atoms with Crippen molar-refractivity contribution in [2.24, 2.45) is 17.8 Å². The van der Waals surface area contributed by atoms with Crippen LogP contribution in [0.1, 0.15) is 47.0 Å². The molecule has 18 heavy (non-hydrogen) atoms. The van der Waals surface area contributed by atoms with Crippen LogP contribution in [0.25, 0.3) is 0 Å². The molecule has 0 aliphatic heterocycles. The lowest BCUT2D eigenvalue weighted by Crippen LogP contribution is -2.45. The molecule has 1 rings (SSSR count). The molecule has 104 valence electrons. The fourth-order valence-electron chi connectivity index (χ4n) is 2.21. The molecule has 0 aromatic heterocycles. The van der Waals surface area contributed by atoms with Gasteiger partial charge >= 0.3 is 5.97 Å². The largest absolute Gasteiger partial charge is 0.469 e. The summed E-state index contributed by atoms with van der Waals surface area (Å²) in [5.74, 6) is -0.0621. The van der Waals surface area contributed by atoms with Gasteiger partial charge in [-0.05, 0) is 24.7 Å². The Bertz CT molecular complexity index is 319. The molecule has 1 fully saturated rings. The molecule has 0 spiro atoms. The van der Waals surface area contributed by atoms with Gasteiger partial charge < -0.3 is 10.1 Å². The summed E-state index contributed by atoms with van der Waals surface area (Å²) in [6, 6.07) is 0. The zero-order valence-corrected chi connectivity index (χ0v) is 12.1. The predicted octanol–water partition coefficient (Wildman–Crippen LogP) is 2.13. The second kappa shape index (κ2) is 5.72. The number of esters is 1. The van der Waals surface area contributed by atoms with Gasteiger partial charge in [-0.25, -0.2) is 0 Å². The van der Waals surface area contributed by atoms with Gasteiger partial charge in [0, 0.05) is 5.54 Å². The van der Waals surface area contributed by atoms with Crippen molar-refractivity contribution in [1.82, 2.24) is 5.32 Å². The van der Waals surface area contributed by atoms with Crippen molar-refractivity contribution in [3.8, 4) is 0 Å². The number of nitrogens with one attached hydrogen (secondary N) is 1. The number of hydrogen-bond acceptors (Lipinski definition) is 3. The third kappa shape index (κ3) is 3.47. The Morgan fingerprint density at radius 3 is 2.11 bits per heavy atom. The van der Waals surface area contributed by atoms with E-state index < -0.39 is 0 Å². The van der Waals surface area contributed by atoms with Crippen LogP contribution >= 0.6 is 0 Å². The molecule has 1 amide bonds. The molecule has 0 aromatic rings. The highest BCUT2D eigenvalue weighted by molar-refractivity contribution is 5.84. The highest BCUT2D eigenvalue weighted by atomic mass is 16.5. The molecular formula is C14H25NO3. The Kier molecular flexibility index (Phi) is 4.77. The van der Waals surface area contributed by atoms with Crippen LogP contribution in [-0.2, 0) is 14.3 Å². The summed E-state index contributed by atoms with van der Waals surface area (Å²) in [5, 5.41) is 3.13. The maximum atomic E-state index is 12.3. The first-order valence-corrected chi connectivity index (χ1v) is 6.71. The number of carbonyl (C=O) groups excluding carboxylic acids is 2. The van der Waals surface area contributed by atoms with E-state index >= 15 is 0 Å². The molecule has 0 aromatic carbocycles. The Labute approximate surface area is 109 Å². The highest BCUT2D eigenvalue weighted by Crippen LogP contribution is 2.42. The Balaban J connectivity index is 2.63. The van der Waals surface area contributed by atoms with Crippen LogP contribution in [0.4, 0.5) is 0 Å². The zero-order valence-electron chi connectivity index (χ0n) is 12.1. The van der Waals surface area contributed by atoms with E-state index in [1.165, 1.54) is 7.11 Å². The molecule has 0 bridgehead atoms. The number of carbonyl (C=O) groups is 2. The van der Waals surface area contributed by atoms with E-state index in [0.717, 1.165) is 12.8 Å². The summed E-state index contributed by atoms with van der Waals surface area (Å²) in [5.41, 5.74) is -0.0274. The lowest BCUT2D eigenvalue weighted by atomic mass is 9.90. The van der Waals surface area contributed by atoms with Gasteiger partial charge in [0.1, 0.15) is 0 Å². The first kappa shape index (κ1) is 15.0. The maximum absolute atomic E-state index is 12.3. The summed E-state index contributed by atoms with van der Waals surface area (Å²) in [6.45, 7) is 8.17. The van der Waals surface area contributed by atoms with Crippen molar-refractivity contribution in [3.05, 3.63) is 0 Å². The van der Waals surface area contributed by atoms with Crippen LogP contribution < -0.4 is 5.32 Å². The van der Waals surface area contributed by atoms with Crippen LogP contribution in [0.15, 0.2) is 0 Å². The van der Waals surface area contributed by atoms with Crippen molar-refractivity contribution in [3.63, 3.8) is 0 Å². The van der Waals surface area contributed by atoms with Crippen LogP contribution in [0.5, 0.6) is 0 Å². The summed E-state index contributed by atoms with van der Waals surface area (Å²) in [4.78, 5) is 23.6. The summed E-state index contributed by atoms with van der Waals surface area (Å²) in [7, 11) is 1.36. The highest BCUT2D eigenvalue weighted by Gasteiger charge is 2.47. The molecule has 1 aliphatic carbocycles. The van der Waals surface area contributed by atoms with E-state index in [1.54, 1.807) is 0 Å². The monoisotopic (exact) mass is 255 g/mol. The van der Waals surface area contributed by atoms with Gasteiger partial charge in [-0.2, -0.15) is 0 Å². The standard InChI is InChI=1S/C14H25NO3/c1-9(2)11(8-12(16)18-5)13(17)15-14(6-7-14)10(3)4/h9-11H,6-8H2,1-5H3,(H,15,17)/t11-/m0/s1. The number of methoxy groups -OCH3 is 1. The van der Waals surface area contributed by atoms with Gasteiger partial charge in [0.15, 0.2) is 0 Å². The van der Waals surface area contributed by atoms with Gasteiger partial charge in [0.2, 0.25) is 5.91 Å². The quantitative estimate of drug-likeness (QED) is 0.740. The molecular weight excluding hydrogens is 230 g/mol. The molecule has 4 nitrogen and oxygen atoms in total. The van der Waals surface area contributed by atoms with E-state index in [4.69, 9.17) is 0 Å². The van der Waals surface area contributed by atoms with Crippen molar-refractivity contribution in [2.75, 3.05) is 7.11 Å². The molecule has 1 saturated carbocycles. The van der Waals surface area contributed by atoms with E-state index in [1.807, 2.05) is 13.8 Å². The molecule has 1 atom stereocenters. The third-order valence-corrected chi connectivity index (χ3v) is 4.02. The minimum atomic E-state index is -0.321. The summed E-state index contributed by atoms with van der Waals surface area (Å²) < 4.78 is 4.66. The van der Waals surface area contributed by atoms with E-state index in [2.05, 4.69) is 23.9 Å². The van der Waals surface area contributed by atoms with Crippen molar-refractivity contribution in [2.45, 2.75) is 52.5 Å². The number of amides is 1. The fourth-order valence-corrected chi connectivity index (χ4v) is 2.21. The maximum Gasteiger partial charge on any atom is 0.306 e. The second-order valence-corrected chi connectivity index (χ2v) is 5.93. The number of rotatable bonds is 6. The fraction of sp³-hybridized carbons (Fsp3) is 0.857. The topological polar surface area (TPSA) is 55.4 Å². The first-order valence-electron chi connectivity index (χ1n) is 6.71. The molecule has 0 saturated heterocycles. The molecule has 1 aliphatic rings. The Hall–Kier alpha value is -1.06. The zero-order chi connectivity index (χ0) is 13.9. The average molecular weight is 255 g/mol. The third-order valence-electron chi connectivity index (χ3n) is 4.02. The molecule has 0 unspecified atom stereocenters. The number of ether oxygens (including phenoxy) is 1. The van der Waals surface area contributed by atoms with Crippen molar-refractivity contribution < 1.29 is 14.3 Å². The Morgan fingerprint density at radius 1 is 1.22 bits per heavy atom. The van der Waals surface area contributed by atoms with Gasteiger partial charge in [-0.15, -0.1) is 0 Å². The molecule has 1 N–H and O–H groups in total. The van der Waals surface area contributed by atoms with Gasteiger partial charge in [-0.1, -0.05) is 27.7 Å². The van der Waals surface area contributed by atoms with E-state index in [0.29, 0.717) is 5.92 Å². The Morgan fingerprint density at radius 2 is 1.78 bits per heavy atom. The van der Waals surface area contributed by atoms with Crippen LogP contribution in [-0.4, -0.2) is 24.5 Å². The van der Waals surface area contributed by atoms with Crippen LogP contribution in [0, 0.1) is 17.8 Å². The molecule has 0 radical (unpaired) electrons. The van der Waals surface area contributed by atoms with E-state index in [9.17, 15) is 9.59 Å². The lowest BCUT2D eigenvalue weighted by Gasteiger charge is -2.26. The average Bonchev–Trinajstić information content (AvgIpc) is 3.05. The smallest absolute Gasteiger partial charge is 0.306 e. The summed E-state index contributed by atoms with van der Waals surface area (Å²) in [6.07, 6.45) is 2.24. The van der Waals surface area contributed by atoms with Gasteiger partial charge in [-0.3, -0.25) is 9.59 Å². The second-order valence-electron chi connectivity index (χ2n) is 5.93. The van der Waals surface area contributed by atoms with Gasteiger partial charge in [0.05, 0.1) is 19.4 Å². The predicted molar refractivity (Wildman–Crippen MR) is 69.9 cm³/mol. The summed E-state index contributed by atoms with van der Waals surface area (Å²) >= 11 is 0. The van der Waals surface area contributed by atoms with Crippen LogP contribution in [0.3, 0.4) is 0 Å². The lowest BCUT2D eigenvalue weighted by molar-refractivity contribution is -0.145. The van der Waals surface area contributed by atoms with Crippen LogP contribution in [0.2, 0.25) is 0 Å². The SMILES string of the molecule is COC(=O)C[C@H](C(=O)NC1(C(C)C)CC1)C(C)C. The normalized spacial score (nSPS) is 18.6. The molecule has 4 heteroatoms. The van der Waals surface area contributed by atoms with Gasteiger partial charge in [0.25, 0.3) is 0 Å². The van der Waals surface area contributed by atoms with Crippen molar-refractivity contribution >= 4 is 11.9 Å². The van der Waals surface area contributed by atoms with E-state index in [-0.39, 0.29) is 35.7 Å². The molecule has 0 heterocycles. The first-order chi connectivity index (χ1) is 8.32. The number of hydrogen-bond donors (Lipinski definition) is 1. The van der Waals surface area contributed by atoms with Crippen molar-refractivity contribution in [1.29, 1.82) is 0 Å².